The predicted molar refractivity (Wildman–Crippen MR) is 117 cm³/mol. The van der Waals surface area contributed by atoms with Gasteiger partial charge in [-0.05, 0) is 72.2 Å². The van der Waals surface area contributed by atoms with Crippen LogP contribution in [0, 0.1) is 5.82 Å². The number of hydrogen-bond acceptors (Lipinski definition) is 2. The van der Waals surface area contributed by atoms with Crippen LogP contribution in [0.5, 0.6) is 17.2 Å². The van der Waals surface area contributed by atoms with Crippen LogP contribution in [0.2, 0.25) is 0 Å². The van der Waals surface area contributed by atoms with Crippen molar-refractivity contribution < 1.29 is 22.6 Å². The lowest BCUT2D eigenvalue weighted by atomic mass is 9.80. The van der Waals surface area contributed by atoms with Gasteiger partial charge in [0.1, 0.15) is 11.5 Å². The molecule has 0 atom stereocenters. The third kappa shape index (κ3) is 6.93. The van der Waals surface area contributed by atoms with E-state index >= 15 is 0 Å². The molecular weight excluding hydrogens is 425 g/mol. The summed E-state index contributed by atoms with van der Waals surface area (Å²) in [6.07, 6.45) is 2.47. The van der Waals surface area contributed by atoms with E-state index in [4.69, 9.17) is 16.3 Å². The fourth-order valence-corrected chi connectivity index (χ4v) is 3.47. The summed E-state index contributed by atoms with van der Waals surface area (Å²) >= 11 is 4.80. The van der Waals surface area contributed by atoms with Crippen molar-refractivity contribution in [2.45, 2.75) is 44.1 Å². The van der Waals surface area contributed by atoms with E-state index in [1.807, 2.05) is 18.2 Å². The fourth-order valence-electron chi connectivity index (χ4n) is 3.38. The summed E-state index contributed by atoms with van der Waals surface area (Å²) in [5.74, 6) is 0.392. The minimum absolute atomic E-state index is 0.0109. The van der Waals surface area contributed by atoms with Crippen molar-refractivity contribution in [1.82, 2.24) is 0 Å². The lowest BCUT2D eigenvalue weighted by molar-refractivity contribution is -0.0964. The highest BCUT2D eigenvalue weighted by atomic mass is 35.5. The number of halogens is 4. The zero-order chi connectivity index (χ0) is 22.5. The summed E-state index contributed by atoms with van der Waals surface area (Å²) in [7, 11) is 0. The van der Waals surface area contributed by atoms with Gasteiger partial charge in [0.15, 0.2) is 11.6 Å². The van der Waals surface area contributed by atoms with Crippen LogP contribution in [-0.2, 0) is 11.8 Å². The number of alkyl halides is 3. The Balaban J connectivity index is 1.59. The zero-order valence-electron chi connectivity index (χ0n) is 17.4. The van der Waals surface area contributed by atoms with E-state index in [0.717, 1.165) is 30.4 Å². The summed E-state index contributed by atoms with van der Waals surface area (Å²) in [5.41, 5.74) is -1.91. The summed E-state index contributed by atoms with van der Waals surface area (Å²) in [5, 5.41) is 0. The Morgan fingerprint density at radius 3 is 2.19 bits per heavy atom. The largest absolute Gasteiger partial charge is 0.487 e. The Kier molecular flexibility index (Phi) is 7.16. The lowest BCUT2D eigenvalue weighted by Crippen LogP contribution is -2.18. The molecule has 0 N–H and O–H groups in total. The topological polar surface area (TPSA) is 18.5 Å². The van der Waals surface area contributed by atoms with Gasteiger partial charge >= 0.3 is 5.57 Å². The van der Waals surface area contributed by atoms with Crippen LogP contribution in [0.25, 0.3) is 0 Å². The maximum atomic E-state index is 14.1. The van der Waals surface area contributed by atoms with E-state index in [9.17, 15) is 13.2 Å². The van der Waals surface area contributed by atoms with E-state index in [-0.39, 0.29) is 16.9 Å². The number of hydrogen-bond donors (Lipinski definition) is 0. The Morgan fingerprint density at radius 1 is 0.871 bits per heavy atom. The van der Waals surface area contributed by atoms with Gasteiger partial charge in [0.05, 0.1) is 0 Å². The Hall–Kier alpha value is -2.66. The minimum atomic E-state index is -3.73. The van der Waals surface area contributed by atoms with Gasteiger partial charge in [0.2, 0.25) is 0 Å². The Labute approximate surface area is 185 Å². The SMILES string of the molecule is CC(C)(CCCc1ccc(F)c(Oc2ccccc2)c1)c1ccc(OC(F)(F)Cl)cc1. The normalized spacial score (nSPS) is 11.9. The van der Waals surface area contributed by atoms with E-state index in [1.165, 1.54) is 18.2 Å². The molecule has 3 aromatic carbocycles. The predicted octanol–water partition coefficient (Wildman–Crippen LogP) is 8.09. The minimum Gasteiger partial charge on any atom is -0.454 e. The molecule has 164 valence electrons. The van der Waals surface area contributed by atoms with Gasteiger partial charge in [-0.15, -0.1) is 8.78 Å². The molecule has 0 fully saturated rings. The van der Waals surface area contributed by atoms with Crippen molar-refractivity contribution in [3.8, 4) is 17.2 Å². The fraction of sp³-hybridized carbons (Fsp3) is 0.280. The molecule has 2 nitrogen and oxygen atoms in total. The molecule has 3 rings (SSSR count). The van der Waals surface area contributed by atoms with Gasteiger partial charge in [0.25, 0.3) is 0 Å². The first-order valence-corrected chi connectivity index (χ1v) is 10.4. The zero-order valence-corrected chi connectivity index (χ0v) is 18.1. The first-order chi connectivity index (χ1) is 14.6. The molecule has 0 spiro atoms. The molecule has 0 aliphatic rings. The van der Waals surface area contributed by atoms with Crippen LogP contribution < -0.4 is 9.47 Å². The lowest BCUT2D eigenvalue weighted by Gasteiger charge is -2.25. The molecule has 0 heterocycles. The average Bonchev–Trinajstić information content (AvgIpc) is 2.70. The van der Waals surface area contributed by atoms with Gasteiger partial charge in [-0.3, -0.25) is 0 Å². The highest BCUT2D eigenvalue weighted by molar-refractivity contribution is 6.20. The molecule has 0 aromatic heterocycles. The van der Waals surface area contributed by atoms with Crippen molar-refractivity contribution in [3.05, 3.63) is 89.7 Å². The molecule has 0 bridgehead atoms. The van der Waals surface area contributed by atoms with E-state index in [1.54, 1.807) is 36.4 Å². The van der Waals surface area contributed by atoms with Crippen molar-refractivity contribution in [2.75, 3.05) is 0 Å². The number of rotatable bonds is 9. The maximum absolute atomic E-state index is 14.1. The standard InChI is InChI=1S/C25H24ClF3O2/c1-24(2,19-11-13-21(14-12-19)31-25(26,28)29)16-6-7-18-10-15-22(27)23(17-18)30-20-8-4-3-5-9-20/h3-5,8-15,17H,6-7,16H2,1-2H3. The molecule has 0 aliphatic heterocycles. The molecule has 3 aromatic rings. The number of benzene rings is 3. The van der Waals surface area contributed by atoms with Crippen LogP contribution in [0.4, 0.5) is 13.2 Å². The first-order valence-electron chi connectivity index (χ1n) is 10.00. The summed E-state index contributed by atoms with van der Waals surface area (Å²) in [6.45, 7) is 4.18. The second kappa shape index (κ2) is 9.65. The van der Waals surface area contributed by atoms with Gasteiger partial charge in [-0.2, -0.15) is 0 Å². The van der Waals surface area contributed by atoms with Crippen LogP contribution in [-0.4, -0.2) is 5.57 Å². The van der Waals surface area contributed by atoms with Crippen LogP contribution in [0.1, 0.15) is 37.8 Å². The molecule has 0 radical (unpaired) electrons. The Morgan fingerprint density at radius 2 is 1.55 bits per heavy atom. The van der Waals surface area contributed by atoms with Crippen LogP contribution in [0.15, 0.2) is 72.8 Å². The molecule has 0 amide bonds. The van der Waals surface area contributed by atoms with Gasteiger partial charge in [-0.25, -0.2) is 4.39 Å². The smallest absolute Gasteiger partial charge is 0.454 e. The summed E-state index contributed by atoms with van der Waals surface area (Å²) < 4.78 is 49.7. The number of ether oxygens (including phenoxy) is 2. The van der Waals surface area contributed by atoms with E-state index in [2.05, 4.69) is 18.6 Å². The van der Waals surface area contributed by atoms with Crippen molar-refractivity contribution in [1.29, 1.82) is 0 Å². The van der Waals surface area contributed by atoms with Crippen LogP contribution in [0.3, 0.4) is 0 Å². The highest BCUT2D eigenvalue weighted by Gasteiger charge is 2.28. The van der Waals surface area contributed by atoms with Gasteiger partial charge in [0, 0.05) is 11.6 Å². The molecule has 6 heteroatoms. The molecule has 31 heavy (non-hydrogen) atoms. The molecular formula is C25H24ClF3O2. The van der Waals surface area contributed by atoms with Crippen LogP contribution >= 0.6 is 11.6 Å². The molecule has 0 saturated heterocycles. The number of aryl methyl sites for hydroxylation is 1. The van der Waals surface area contributed by atoms with Crippen molar-refractivity contribution in [3.63, 3.8) is 0 Å². The quantitative estimate of drug-likeness (QED) is 0.308. The van der Waals surface area contributed by atoms with E-state index in [0.29, 0.717) is 5.75 Å². The monoisotopic (exact) mass is 448 g/mol. The van der Waals surface area contributed by atoms with Gasteiger partial charge < -0.3 is 9.47 Å². The first kappa shape index (κ1) is 23.0. The maximum Gasteiger partial charge on any atom is 0.487 e. The highest BCUT2D eigenvalue weighted by Crippen LogP contribution is 2.33. The molecule has 0 unspecified atom stereocenters. The summed E-state index contributed by atoms with van der Waals surface area (Å²) in [4.78, 5) is 0. The van der Waals surface area contributed by atoms with Crippen molar-refractivity contribution in [2.24, 2.45) is 0 Å². The Bertz CT molecular complexity index is 984. The molecule has 0 saturated carbocycles. The average molecular weight is 449 g/mol. The number of para-hydroxylation sites is 1. The molecule has 0 aliphatic carbocycles. The third-order valence-electron chi connectivity index (χ3n) is 5.10. The van der Waals surface area contributed by atoms with E-state index < -0.39 is 11.4 Å². The summed E-state index contributed by atoms with van der Waals surface area (Å²) in [6, 6.07) is 20.5. The second-order valence-electron chi connectivity index (χ2n) is 7.99. The second-order valence-corrected chi connectivity index (χ2v) is 8.43. The third-order valence-corrected chi connectivity index (χ3v) is 5.18. The van der Waals surface area contributed by atoms with Crippen molar-refractivity contribution >= 4 is 11.6 Å². The van der Waals surface area contributed by atoms with Gasteiger partial charge in [-0.1, -0.05) is 50.2 Å².